The lowest BCUT2D eigenvalue weighted by Gasteiger charge is -2.10. The maximum atomic E-state index is 13.0. The third-order valence-corrected chi connectivity index (χ3v) is 4.05. The molecule has 0 bridgehead atoms. The van der Waals surface area contributed by atoms with E-state index in [0.29, 0.717) is 0 Å². The first kappa shape index (κ1) is 15.6. The molecule has 2 rings (SSSR count). The molecule has 1 aromatic heterocycles. The van der Waals surface area contributed by atoms with Gasteiger partial charge in [-0.15, -0.1) is 5.10 Å². The summed E-state index contributed by atoms with van der Waals surface area (Å²) >= 11 is 22.3. The standard InChI is InChI=1S/C10H5Cl3F3N3S/c1-18-9(20)19(8(17-18)10(14,15)16)4-2-5(11)7(13)6(12)3-4/h2-3H,1H3. The smallest absolute Gasteiger partial charge is 0.264 e. The molecule has 0 saturated carbocycles. The van der Waals surface area contributed by atoms with Gasteiger partial charge in [0.2, 0.25) is 10.6 Å². The highest BCUT2D eigenvalue weighted by Crippen LogP contribution is 2.35. The molecular formula is C10H5Cl3F3N3S. The molecule has 10 heteroatoms. The van der Waals surface area contributed by atoms with Gasteiger partial charge in [-0.1, -0.05) is 34.8 Å². The van der Waals surface area contributed by atoms with Crippen LogP contribution in [0.1, 0.15) is 5.82 Å². The van der Waals surface area contributed by atoms with Crippen molar-refractivity contribution in [1.82, 2.24) is 14.3 Å². The molecule has 20 heavy (non-hydrogen) atoms. The van der Waals surface area contributed by atoms with Crippen LogP contribution in [-0.4, -0.2) is 14.3 Å². The molecule has 0 aliphatic rings. The number of rotatable bonds is 1. The zero-order chi connectivity index (χ0) is 15.2. The van der Waals surface area contributed by atoms with Crippen LogP contribution in [-0.2, 0) is 13.2 Å². The van der Waals surface area contributed by atoms with Crippen molar-refractivity contribution in [3.63, 3.8) is 0 Å². The van der Waals surface area contributed by atoms with Crippen molar-refractivity contribution in [3.8, 4) is 5.69 Å². The molecule has 0 aliphatic heterocycles. The van der Waals surface area contributed by atoms with Gasteiger partial charge in [0.15, 0.2) is 0 Å². The predicted molar refractivity (Wildman–Crippen MR) is 73.4 cm³/mol. The Labute approximate surface area is 131 Å². The van der Waals surface area contributed by atoms with Crippen LogP contribution in [0.5, 0.6) is 0 Å². The maximum Gasteiger partial charge on any atom is 0.452 e. The van der Waals surface area contributed by atoms with Gasteiger partial charge in [0.1, 0.15) is 0 Å². The first-order valence-corrected chi connectivity index (χ1v) is 6.55. The number of halogens is 6. The van der Waals surface area contributed by atoms with Gasteiger partial charge in [-0.05, 0) is 24.4 Å². The van der Waals surface area contributed by atoms with Crippen molar-refractivity contribution in [2.75, 3.05) is 0 Å². The molecule has 0 saturated heterocycles. The van der Waals surface area contributed by atoms with Crippen LogP contribution in [0.4, 0.5) is 13.2 Å². The molecule has 1 heterocycles. The van der Waals surface area contributed by atoms with E-state index in [1.54, 1.807) is 0 Å². The van der Waals surface area contributed by atoms with Crippen LogP contribution in [0.2, 0.25) is 15.1 Å². The van der Waals surface area contributed by atoms with E-state index < -0.39 is 12.0 Å². The Morgan fingerprint density at radius 1 is 1.15 bits per heavy atom. The van der Waals surface area contributed by atoms with Gasteiger partial charge in [0.25, 0.3) is 0 Å². The summed E-state index contributed by atoms with van der Waals surface area (Å²) in [5, 5.41) is 3.47. The van der Waals surface area contributed by atoms with Crippen LogP contribution in [0.3, 0.4) is 0 Å². The topological polar surface area (TPSA) is 22.8 Å². The Hall–Kier alpha value is -0.760. The summed E-state index contributed by atoms with van der Waals surface area (Å²) in [6, 6.07) is 2.48. The highest BCUT2D eigenvalue weighted by atomic mass is 35.5. The Kier molecular flexibility index (Phi) is 4.07. The van der Waals surface area contributed by atoms with Crippen molar-refractivity contribution < 1.29 is 13.2 Å². The molecule has 1 aromatic carbocycles. The van der Waals surface area contributed by atoms with Gasteiger partial charge in [-0.2, -0.15) is 13.2 Å². The lowest BCUT2D eigenvalue weighted by molar-refractivity contribution is -0.146. The Balaban J connectivity index is 2.80. The van der Waals surface area contributed by atoms with Gasteiger partial charge in [-0.25, -0.2) is 4.68 Å². The van der Waals surface area contributed by atoms with E-state index in [2.05, 4.69) is 5.10 Å². The maximum absolute atomic E-state index is 13.0. The van der Waals surface area contributed by atoms with Gasteiger partial charge in [-0.3, -0.25) is 4.57 Å². The first-order valence-electron chi connectivity index (χ1n) is 5.01. The second-order valence-corrected chi connectivity index (χ2v) is 5.34. The average Bonchev–Trinajstić information content (AvgIpc) is 2.62. The highest BCUT2D eigenvalue weighted by Gasteiger charge is 2.38. The minimum atomic E-state index is -4.67. The third-order valence-electron chi connectivity index (χ3n) is 2.40. The SMILES string of the molecule is Cn1nc(C(F)(F)F)n(-c2cc(Cl)c(Cl)c(Cl)c2)c1=S. The van der Waals surface area contributed by atoms with Crippen LogP contribution >= 0.6 is 47.0 Å². The van der Waals surface area contributed by atoms with Crippen molar-refractivity contribution in [2.24, 2.45) is 7.05 Å². The fourth-order valence-electron chi connectivity index (χ4n) is 1.55. The molecule has 108 valence electrons. The molecule has 0 amide bonds. The highest BCUT2D eigenvalue weighted by molar-refractivity contribution is 7.71. The fraction of sp³-hybridized carbons (Fsp3) is 0.200. The number of benzene rings is 1. The predicted octanol–water partition coefficient (Wildman–Crippen LogP) is 4.92. The number of alkyl halides is 3. The van der Waals surface area contributed by atoms with Gasteiger partial charge < -0.3 is 0 Å². The van der Waals surface area contributed by atoms with E-state index in [4.69, 9.17) is 47.0 Å². The van der Waals surface area contributed by atoms with Crippen LogP contribution in [0, 0.1) is 4.77 Å². The molecule has 0 atom stereocenters. The summed E-state index contributed by atoms with van der Waals surface area (Å²) in [6.07, 6.45) is -4.67. The summed E-state index contributed by atoms with van der Waals surface area (Å²) in [7, 11) is 1.31. The molecule has 3 nitrogen and oxygen atoms in total. The number of hydrogen-bond donors (Lipinski definition) is 0. The molecule has 0 fully saturated rings. The lowest BCUT2D eigenvalue weighted by atomic mass is 10.3. The normalized spacial score (nSPS) is 11.9. The van der Waals surface area contributed by atoms with Crippen LogP contribution in [0.15, 0.2) is 12.1 Å². The molecule has 0 spiro atoms. The Bertz CT molecular complexity index is 713. The second kappa shape index (κ2) is 5.22. The average molecular weight is 363 g/mol. The molecule has 0 radical (unpaired) electrons. The molecule has 0 aliphatic carbocycles. The van der Waals surface area contributed by atoms with Gasteiger partial charge in [0, 0.05) is 7.05 Å². The van der Waals surface area contributed by atoms with E-state index >= 15 is 0 Å². The zero-order valence-electron chi connectivity index (χ0n) is 9.67. The fourth-order valence-corrected chi connectivity index (χ4v) is 2.37. The Morgan fingerprint density at radius 3 is 2.10 bits per heavy atom. The van der Waals surface area contributed by atoms with E-state index in [-0.39, 0.29) is 25.5 Å². The summed E-state index contributed by atoms with van der Waals surface area (Å²) in [5.41, 5.74) is 0.0369. The monoisotopic (exact) mass is 361 g/mol. The van der Waals surface area contributed by atoms with Crippen molar-refractivity contribution in [1.29, 1.82) is 0 Å². The Morgan fingerprint density at radius 2 is 1.65 bits per heavy atom. The van der Waals surface area contributed by atoms with Crippen molar-refractivity contribution in [2.45, 2.75) is 6.18 Å². The van der Waals surface area contributed by atoms with E-state index in [9.17, 15) is 13.2 Å². The number of aryl methyl sites for hydroxylation is 1. The molecule has 2 aromatic rings. The largest absolute Gasteiger partial charge is 0.452 e. The number of nitrogens with zero attached hydrogens (tertiary/aromatic N) is 3. The first-order chi connectivity index (χ1) is 9.12. The van der Waals surface area contributed by atoms with E-state index in [1.165, 1.54) is 19.2 Å². The summed E-state index contributed by atoms with van der Waals surface area (Å²) in [4.78, 5) is 0. The molecular weight excluding hydrogens is 358 g/mol. The summed E-state index contributed by atoms with van der Waals surface area (Å²) in [5.74, 6) is -1.17. The zero-order valence-corrected chi connectivity index (χ0v) is 12.8. The number of hydrogen-bond acceptors (Lipinski definition) is 2. The lowest BCUT2D eigenvalue weighted by Crippen LogP contribution is -2.14. The van der Waals surface area contributed by atoms with Gasteiger partial charge in [0.05, 0.1) is 20.8 Å². The third kappa shape index (κ3) is 2.67. The van der Waals surface area contributed by atoms with Crippen LogP contribution in [0.25, 0.3) is 5.69 Å². The van der Waals surface area contributed by atoms with Gasteiger partial charge >= 0.3 is 6.18 Å². The number of aromatic nitrogens is 3. The van der Waals surface area contributed by atoms with Crippen LogP contribution < -0.4 is 0 Å². The van der Waals surface area contributed by atoms with E-state index in [0.717, 1.165) is 9.25 Å². The molecule has 0 N–H and O–H groups in total. The minimum Gasteiger partial charge on any atom is -0.264 e. The summed E-state index contributed by atoms with van der Waals surface area (Å²) < 4.78 is 40.5. The van der Waals surface area contributed by atoms with Crippen molar-refractivity contribution in [3.05, 3.63) is 37.8 Å². The summed E-state index contributed by atoms with van der Waals surface area (Å²) in [6.45, 7) is 0. The second-order valence-electron chi connectivity index (χ2n) is 3.79. The van der Waals surface area contributed by atoms with Crippen molar-refractivity contribution >= 4 is 47.0 Å². The minimum absolute atomic E-state index is 0.0213. The van der Waals surface area contributed by atoms with E-state index in [1.807, 2.05) is 0 Å². The molecule has 0 unspecified atom stereocenters. The quantitative estimate of drug-likeness (QED) is 0.531.